The van der Waals surface area contributed by atoms with E-state index in [2.05, 4.69) is 37.5 Å². The summed E-state index contributed by atoms with van der Waals surface area (Å²) < 4.78 is 2.24. The Labute approximate surface area is 405 Å². The normalized spacial score (nSPS) is 11.5. The van der Waals surface area contributed by atoms with Crippen LogP contribution in [0.5, 0.6) is 0 Å². The number of hydrogen-bond acceptors (Lipinski definition) is 4. The minimum Gasteiger partial charge on any atom is -0.358 e. The molecule has 0 amide bonds. The quantitative estimate of drug-likeness (QED) is 0.0338. The fraction of sp³-hybridized carbons (Fsp3) is 0.964. The predicted molar refractivity (Wildman–Crippen MR) is 294 cm³/mol. The van der Waals surface area contributed by atoms with Crippen molar-refractivity contribution in [2.24, 2.45) is 0 Å². The average molecular weight is 928 g/mol. The van der Waals surface area contributed by atoms with Crippen LogP contribution in [0, 0.1) is 0 Å². The molecule has 0 radical (unpaired) electrons. The van der Waals surface area contributed by atoms with Crippen molar-refractivity contribution in [2.45, 2.75) is 310 Å². The van der Waals surface area contributed by atoms with E-state index in [4.69, 9.17) is 24.4 Å². The van der Waals surface area contributed by atoms with E-state index in [1.54, 1.807) is 0 Å². The minimum atomic E-state index is 0.956. The molecular formula is C55H110N2S4. The van der Waals surface area contributed by atoms with Gasteiger partial charge in [-0.1, -0.05) is 332 Å². The number of unbranched alkanes of at least 4 members (excludes halogenated alkanes) is 40. The second-order valence-corrected chi connectivity index (χ2v) is 22.6. The highest BCUT2D eigenvalue weighted by atomic mass is 32.2. The van der Waals surface area contributed by atoms with Crippen LogP contribution in [0.15, 0.2) is 0 Å². The molecule has 0 bridgehead atoms. The van der Waals surface area contributed by atoms with Gasteiger partial charge in [0.25, 0.3) is 0 Å². The van der Waals surface area contributed by atoms with Crippen molar-refractivity contribution in [3.05, 3.63) is 0 Å². The van der Waals surface area contributed by atoms with Gasteiger partial charge in [0, 0.05) is 26.2 Å². The zero-order valence-electron chi connectivity index (χ0n) is 42.2. The van der Waals surface area contributed by atoms with E-state index in [0.29, 0.717) is 0 Å². The Kier molecular flexibility index (Phi) is 53.5. The maximum atomic E-state index is 6.18. The van der Waals surface area contributed by atoms with Gasteiger partial charge in [-0.25, -0.2) is 0 Å². The van der Waals surface area contributed by atoms with Gasteiger partial charge in [0.1, 0.15) is 8.64 Å². The number of hydrogen-bond donors (Lipinski definition) is 0. The van der Waals surface area contributed by atoms with Crippen LogP contribution in [0.25, 0.3) is 0 Å². The zero-order valence-corrected chi connectivity index (χ0v) is 45.4. The number of nitrogens with zero attached hydrogens (tertiary/aromatic N) is 2. The fourth-order valence-corrected chi connectivity index (χ4v) is 11.8. The molecule has 61 heavy (non-hydrogen) atoms. The summed E-state index contributed by atoms with van der Waals surface area (Å²) in [5, 5.41) is 0.956. The van der Waals surface area contributed by atoms with Crippen LogP contribution >= 0.6 is 48.0 Å². The summed E-state index contributed by atoms with van der Waals surface area (Å²) in [5.74, 6) is 0. The highest BCUT2D eigenvalue weighted by Crippen LogP contribution is 2.23. The van der Waals surface area contributed by atoms with Gasteiger partial charge in [-0.3, -0.25) is 0 Å². The maximum absolute atomic E-state index is 6.18. The molecule has 0 aromatic carbocycles. The first-order chi connectivity index (χ1) is 30.1. The minimum absolute atomic E-state index is 0.956. The summed E-state index contributed by atoms with van der Waals surface area (Å²) in [6.07, 6.45) is 61.5. The Morgan fingerprint density at radius 1 is 0.246 bits per heavy atom. The molecule has 2 nitrogen and oxygen atoms in total. The van der Waals surface area contributed by atoms with Crippen molar-refractivity contribution in [3.8, 4) is 0 Å². The van der Waals surface area contributed by atoms with Crippen molar-refractivity contribution in [1.82, 2.24) is 9.80 Å². The molecule has 6 heteroatoms. The summed E-state index contributed by atoms with van der Waals surface area (Å²) in [5.41, 5.74) is 0. The third kappa shape index (κ3) is 46.8. The highest BCUT2D eigenvalue weighted by molar-refractivity contribution is 8.35. The SMILES string of the molecule is CCCCCCCCCCCCCN(CCCCCCCCCCCCC)C(=S)SCSC(=S)N(CCCCCCCCCCCCC)CCCCCCCCCCCCC. The van der Waals surface area contributed by atoms with Gasteiger partial charge in [-0.05, 0) is 25.7 Å². The van der Waals surface area contributed by atoms with Crippen LogP contribution < -0.4 is 0 Å². The first-order valence-electron chi connectivity index (χ1n) is 27.9. The van der Waals surface area contributed by atoms with Crippen LogP contribution in [0.2, 0.25) is 0 Å². The van der Waals surface area contributed by atoms with Gasteiger partial charge in [0.15, 0.2) is 0 Å². The lowest BCUT2D eigenvalue weighted by Crippen LogP contribution is -2.31. The molecule has 0 aliphatic heterocycles. The summed E-state index contributed by atoms with van der Waals surface area (Å²) in [7, 11) is 0. The summed E-state index contributed by atoms with van der Waals surface area (Å²) >= 11 is 16.1. The standard InChI is InChI=1S/C55H110N2S4/c1-5-9-13-17-21-25-29-33-37-41-45-49-56(50-46-42-38-34-30-26-22-18-14-10-6-2)54(58)60-53-61-55(59)57(51-47-43-39-35-31-27-23-19-15-11-7-3)52-48-44-40-36-32-28-24-20-16-12-8-4/h5-53H2,1-4H3. The third-order valence-corrected chi connectivity index (χ3v) is 16.2. The van der Waals surface area contributed by atoms with Gasteiger partial charge in [0.2, 0.25) is 0 Å². The molecule has 0 aliphatic rings. The molecule has 0 fully saturated rings. The average Bonchev–Trinajstić information content (AvgIpc) is 3.26. The number of rotatable bonds is 50. The number of thioether (sulfide) groups is 2. The van der Waals surface area contributed by atoms with Crippen LogP contribution in [-0.2, 0) is 0 Å². The molecule has 0 heterocycles. The lowest BCUT2D eigenvalue weighted by molar-refractivity contribution is 0.394. The van der Waals surface area contributed by atoms with Crippen molar-refractivity contribution in [3.63, 3.8) is 0 Å². The first-order valence-corrected chi connectivity index (χ1v) is 30.7. The van der Waals surface area contributed by atoms with Gasteiger partial charge >= 0.3 is 0 Å². The Balaban J connectivity index is 4.84. The zero-order chi connectivity index (χ0) is 44.4. The van der Waals surface area contributed by atoms with E-state index in [-0.39, 0.29) is 0 Å². The summed E-state index contributed by atoms with van der Waals surface area (Å²) in [6, 6.07) is 0. The van der Waals surface area contributed by atoms with E-state index < -0.39 is 0 Å². The monoisotopic (exact) mass is 927 g/mol. The fourth-order valence-electron chi connectivity index (χ4n) is 8.77. The van der Waals surface area contributed by atoms with E-state index >= 15 is 0 Å². The number of thiocarbonyl (C=S) groups is 2. The smallest absolute Gasteiger partial charge is 0.137 e. The molecule has 0 rings (SSSR count). The van der Waals surface area contributed by atoms with Crippen LogP contribution in [0.4, 0.5) is 0 Å². The Bertz CT molecular complexity index is 749. The molecule has 0 aromatic heterocycles. The molecule has 0 atom stereocenters. The van der Waals surface area contributed by atoms with Gasteiger partial charge in [-0.15, -0.1) is 0 Å². The van der Waals surface area contributed by atoms with Crippen LogP contribution in [-0.4, -0.2) is 49.7 Å². The molecule has 0 saturated carbocycles. The Morgan fingerprint density at radius 3 is 0.557 bits per heavy atom. The van der Waals surface area contributed by atoms with Crippen molar-refractivity contribution in [1.29, 1.82) is 0 Å². The second kappa shape index (κ2) is 53.1. The lowest BCUT2D eigenvalue weighted by Gasteiger charge is -2.27. The van der Waals surface area contributed by atoms with E-state index in [1.807, 2.05) is 23.5 Å². The molecular weight excluding hydrogens is 817 g/mol. The Morgan fingerprint density at radius 2 is 0.393 bits per heavy atom. The molecule has 0 saturated heterocycles. The van der Waals surface area contributed by atoms with Crippen LogP contribution in [0.3, 0.4) is 0 Å². The predicted octanol–water partition coefficient (Wildman–Crippen LogP) is 20.8. The first kappa shape index (κ1) is 61.5. The molecule has 364 valence electrons. The topological polar surface area (TPSA) is 6.48 Å². The van der Waals surface area contributed by atoms with E-state index in [0.717, 1.165) is 39.9 Å². The molecule has 0 spiro atoms. The molecule has 0 aliphatic carbocycles. The van der Waals surface area contributed by atoms with Crippen molar-refractivity contribution < 1.29 is 0 Å². The Hall–Kier alpha value is 0.480. The van der Waals surface area contributed by atoms with Crippen molar-refractivity contribution in [2.75, 3.05) is 31.3 Å². The van der Waals surface area contributed by atoms with Crippen LogP contribution in [0.1, 0.15) is 310 Å². The lowest BCUT2D eigenvalue weighted by atomic mass is 10.1. The van der Waals surface area contributed by atoms with Gasteiger partial charge in [0.05, 0.1) is 5.08 Å². The third-order valence-electron chi connectivity index (χ3n) is 13.0. The summed E-state index contributed by atoms with van der Waals surface area (Å²) in [6.45, 7) is 13.8. The van der Waals surface area contributed by atoms with E-state index in [1.165, 1.54) is 283 Å². The highest BCUT2D eigenvalue weighted by Gasteiger charge is 2.14. The van der Waals surface area contributed by atoms with Crippen molar-refractivity contribution >= 4 is 56.6 Å². The summed E-state index contributed by atoms with van der Waals surface area (Å²) in [4.78, 5) is 5.17. The molecule has 0 unspecified atom stereocenters. The molecule has 0 N–H and O–H groups in total. The van der Waals surface area contributed by atoms with Gasteiger partial charge < -0.3 is 9.80 Å². The van der Waals surface area contributed by atoms with E-state index in [9.17, 15) is 0 Å². The van der Waals surface area contributed by atoms with Gasteiger partial charge in [-0.2, -0.15) is 0 Å². The second-order valence-electron chi connectivity index (χ2n) is 19.1. The maximum Gasteiger partial charge on any atom is 0.137 e. The largest absolute Gasteiger partial charge is 0.358 e. The molecule has 0 aromatic rings.